The molecule has 1 saturated heterocycles. The SMILES string of the molecule is Cc1ccc(NC(=O)NC(=O)C[NH+]2CC[NH+](C/C=C/c3ccccc3)CC2)c(C)c1. The first-order valence-electron chi connectivity index (χ1n) is 10.6. The van der Waals surface area contributed by atoms with E-state index in [1.165, 1.54) is 15.4 Å². The average molecular weight is 409 g/mol. The van der Waals surface area contributed by atoms with Gasteiger partial charge in [-0.15, -0.1) is 0 Å². The zero-order valence-electron chi connectivity index (χ0n) is 17.8. The number of hydrogen-bond acceptors (Lipinski definition) is 2. The molecule has 0 aliphatic carbocycles. The Hall–Kier alpha value is -2.96. The number of benzene rings is 2. The molecule has 1 heterocycles. The van der Waals surface area contributed by atoms with Crippen molar-refractivity contribution in [3.8, 4) is 0 Å². The number of carbonyl (C=O) groups excluding carboxylic acids is 2. The zero-order chi connectivity index (χ0) is 21.3. The largest absolute Gasteiger partial charge is 0.326 e. The van der Waals surface area contributed by atoms with Gasteiger partial charge in [0.05, 0.1) is 6.54 Å². The van der Waals surface area contributed by atoms with Crippen LogP contribution < -0.4 is 20.4 Å². The standard InChI is InChI=1S/C24H30N4O2/c1-19-10-11-22(20(2)17-19)25-24(30)26-23(29)18-28-15-13-27(14-16-28)12-6-9-21-7-4-3-5-8-21/h3-11,17H,12-16,18H2,1-2H3,(H2,25,26,29,30)/p+2/b9-6+. The Morgan fingerprint density at radius 1 is 0.967 bits per heavy atom. The van der Waals surface area contributed by atoms with Crippen molar-refractivity contribution < 1.29 is 19.4 Å². The first-order chi connectivity index (χ1) is 14.5. The summed E-state index contributed by atoms with van der Waals surface area (Å²) in [4.78, 5) is 27.1. The van der Waals surface area contributed by atoms with Gasteiger partial charge >= 0.3 is 6.03 Å². The smallest absolute Gasteiger partial charge is 0.322 e. The van der Waals surface area contributed by atoms with Gasteiger partial charge < -0.3 is 15.1 Å². The molecule has 2 aromatic carbocycles. The fraction of sp³-hybridized carbons (Fsp3) is 0.333. The number of carbonyl (C=O) groups is 2. The molecule has 1 aliphatic rings. The lowest BCUT2D eigenvalue weighted by atomic mass is 10.1. The Bertz CT molecular complexity index is 887. The van der Waals surface area contributed by atoms with Crippen LogP contribution >= 0.6 is 0 Å². The first-order valence-corrected chi connectivity index (χ1v) is 10.6. The molecular formula is C24H32N4O2+2. The number of rotatable bonds is 6. The Balaban J connectivity index is 1.36. The van der Waals surface area contributed by atoms with Crippen molar-refractivity contribution in [2.24, 2.45) is 0 Å². The van der Waals surface area contributed by atoms with Crippen LogP contribution in [0.25, 0.3) is 6.08 Å². The molecule has 4 N–H and O–H groups in total. The Morgan fingerprint density at radius 2 is 1.67 bits per heavy atom. The second kappa shape index (κ2) is 10.7. The Labute approximate surface area is 178 Å². The lowest BCUT2D eigenvalue weighted by molar-refractivity contribution is -1.01. The normalized spacial score (nSPS) is 18.9. The molecule has 6 heteroatoms. The summed E-state index contributed by atoms with van der Waals surface area (Å²) in [6, 6.07) is 15.6. The quantitative estimate of drug-likeness (QED) is 0.561. The van der Waals surface area contributed by atoms with Crippen molar-refractivity contribution in [3.05, 3.63) is 71.3 Å². The lowest BCUT2D eigenvalue weighted by Gasteiger charge is -2.28. The van der Waals surface area contributed by atoms with E-state index in [9.17, 15) is 9.59 Å². The number of anilines is 1. The van der Waals surface area contributed by atoms with Crippen LogP contribution in [0.5, 0.6) is 0 Å². The van der Waals surface area contributed by atoms with Gasteiger partial charge in [-0.25, -0.2) is 4.79 Å². The van der Waals surface area contributed by atoms with E-state index in [2.05, 4.69) is 34.9 Å². The lowest BCUT2D eigenvalue weighted by Crippen LogP contribution is -3.28. The van der Waals surface area contributed by atoms with Crippen LogP contribution in [0.2, 0.25) is 0 Å². The number of amides is 3. The second-order valence-electron chi connectivity index (χ2n) is 8.01. The number of hydrogen-bond donors (Lipinski definition) is 4. The third-order valence-corrected chi connectivity index (χ3v) is 5.47. The van der Waals surface area contributed by atoms with Crippen molar-refractivity contribution in [2.75, 3.05) is 44.6 Å². The van der Waals surface area contributed by atoms with Crippen molar-refractivity contribution in [3.63, 3.8) is 0 Å². The summed E-state index contributed by atoms with van der Waals surface area (Å²) in [5, 5.41) is 5.21. The highest BCUT2D eigenvalue weighted by Gasteiger charge is 2.24. The van der Waals surface area contributed by atoms with E-state index in [0.29, 0.717) is 6.54 Å². The molecule has 3 amide bonds. The molecule has 2 aromatic rings. The van der Waals surface area contributed by atoms with Gasteiger partial charge in [0, 0.05) is 5.69 Å². The highest BCUT2D eigenvalue weighted by atomic mass is 16.2. The average Bonchev–Trinajstić information content (AvgIpc) is 2.72. The van der Waals surface area contributed by atoms with Crippen molar-refractivity contribution in [2.45, 2.75) is 13.8 Å². The summed E-state index contributed by atoms with van der Waals surface area (Å²) in [7, 11) is 0. The molecule has 3 rings (SSSR count). The first kappa shape index (κ1) is 21.7. The van der Waals surface area contributed by atoms with Gasteiger partial charge in [-0.2, -0.15) is 0 Å². The summed E-state index contributed by atoms with van der Waals surface area (Å²) >= 11 is 0. The predicted molar refractivity (Wildman–Crippen MR) is 120 cm³/mol. The highest BCUT2D eigenvalue weighted by molar-refractivity contribution is 6.01. The molecular weight excluding hydrogens is 376 g/mol. The number of imide groups is 1. The molecule has 0 aromatic heterocycles. The van der Waals surface area contributed by atoms with Crippen LogP contribution in [0.4, 0.5) is 10.5 Å². The number of aryl methyl sites for hydroxylation is 2. The van der Waals surface area contributed by atoms with Crippen LogP contribution in [0.1, 0.15) is 16.7 Å². The van der Waals surface area contributed by atoms with Crippen LogP contribution in [0.15, 0.2) is 54.6 Å². The van der Waals surface area contributed by atoms with E-state index in [1.54, 1.807) is 0 Å². The molecule has 0 radical (unpaired) electrons. The minimum Gasteiger partial charge on any atom is -0.322 e. The maximum absolute atomic E-state index is 12.3. The zero-order valence-corrected chi connectivity index (χ0v) is 17.8. The maximum atomic E-state index is 12.3. The Kier molecular flexibility index (Phi) is 7.76. The molecule has 0 spiro atoms. The molecule has 1 fully saturated rings. The van der Waals surface area contributed by atoms with Gasteiger partial charge in [-0.3, -0.25) is 10.1 Å². The molecule has 0 atom stereocenters. The van der Waals surface area contributed by atoms with E-state index in [4.69, 9.17) is 0 Å². The molecule has 6 nitrogen and oxygen atoms in total. The van der Waals surface area contributed by atoms with E-state index in [-0.39, 0.29) is 5.91 Å². The number of piperazine rings is 1. The van der Waals surface area contributed by atoms with Crippen LogP contribution in [0, 0.1) is 13.8 Å². The highest BCUT2D eigenvalue weighted by Crippen LogP contribution is 2.15. The van der Waals surface area contributed by atoms with Crippen LogP contribution in [-0.4, -0.2) is 51.2 Å². The summed E-state index contributed by atoms with van der Waals surface area (Å²) < 4.78 is 0. The third kappa shape index (κ3) is 6.83. The van der Waals surface area contributed by atoms with Gasteiger partial charge in [0.15, 0.2) is 6.54 Å². The van der Waals surface area contributed by atoms with Crippen molar-refractivity contribution in [1.29, 1.82) is 0 Å². The fourth-order valence-electron chi connectivity index (χ4n) is 3.77. The van der Waals surface area contributed by atoms with E-state index < -0.39 is 6.03 Å². The predicted octanol–water partition coefficient (Wildman–Crippen LogP) is 0.448. The molecule has 30 heavy (non-hydrogen) atoms. The third-order valence-electron chi connectivity index (χ3n) is 5.47. The monoisotopic (exact) mass is 408 g/mol. The van der Waals surface area contributed by atoms with Crippen LogP contribution in [0.3, 0.4) is 0 Å². The summed E-state index contributed by atoms with van der Waals surface area (Å²) in [6.45, 7) is 9.17. The minimum absolute atomic E-state index is 0.236. The fourth-order valence-corrected chi connectivity index (χ4v) is 3.77. The minimum atomic E-state index is -0.471. The number of quaternary nitrogens is 2. The summed E-state index contributed by atoms with van der Waals surface area (Å²) in [6.07, 6.45) is 4.38. The van der Waals surface area contributed by atoms with Crippen molar-refractivity contribution in [1.82, 2.24) is 5.32 Å². The number of urea groups is 1. The van der Waals surface area contributed by atoms with Gasteiger partial charge in [-0.1, -0.05) is 54.1 Å². The molecule has 1 aliphatic heterocycles. The van der Waals surface area contributed by atoms with E-state index in [0.717, 1.165) is 49.5 Å². The molecule has 0 unspecified atom stereocenters. The molecule has 0 bridgehead atoms. The molecule has 0 saturated carbocycles. The summed E-state index contributed by atoms with van der Waals surface area (Å²) in [5.74, 6) is -0.236. The van der Waals surface area contributed by atoms with Gasteiger partial charge in [0.25, 0.3) is 5.91 Å². The Morgan fingerprint density at radius 3 is 2.37 bits per heavy atom. The van der Waals surface area contributed by atoms with Gasteiger partial charge in [-0.05, 0) is 37.1 Å². The second-order valence-corrected chi connectivity index (χ2v) is 8.01. The summed E-state index contributed by atoms with van der Waals surface area (Å²) in [5.41, 5.74) is 4.05. The number of nitrogens with one attached hydrogen (secondary N) is 4. The molecule has 158 valence electrons. The van der Waals surface area contributed by atoms with Gasteiger partial charge in [0.2, 0.25) is 0 Å². The van der Waals surface area contributed by atoms with E-state index in [1.807, 2.05) is 50.2 Å². The topological polar surface area (TPSA) is 67.1 Å². The maximum Gasteiger partial charge on any atom is 0.326 e. The van der Waals surface area contributed by atoms with Crippen molar-refractivity contribution >= 4 is 23.7 Å². The van der Waals surface area contributed by atoms with E-state index >= 15 is 0 Å². The van der Waals surface area contributed by atoms with Crippen LogP contribution in [-0.2, 0) is 4.79 Å². The van der Waals surface area contributed by atoms with Gasteiger partial charge in [0.1, 0.15) is 26.2 Å².